The number of H-pyrrole nitrogens is 2. The van der Waals surface area contributed by atoms with Crippen LogP contribution in [0.4, 0.5) is 0 Å². The van der Waals surface area contributed by atoms with Crippen molar-refractivity contribution in [2.24, 2.45) is 0 Å². The molecule has 2 amide bonds. The maximum Gasteiger partial charge on any atom is 0.245 e. The van der Waals surface area contributed by atoms with Gasteiger partial charge in [0.05, 0.1) is 40.8 Å². The molecule has 0 saturated carbocycles. The number of aromatic amines is 2. The zero-order chi connectivity index (χ0) is 41.6. The van der Waals surface area contributed by atoms with Crippen molar-refractivity contribution >= 4 is 22.8 Å². The van der Waals surface area contributed by atoms with Crippen LogP contribution in [0, 0.1) is 11.8 Å². The molecule has 4 atom stereocenters. The first-order valence-corrected chi connectivity index (χ1v) is 21.8. The number of carbonyl (C=O) groups excluding carboxylic acids is 2. The fraction of sp³-hybridized carbons (Fsp3) is 0.360. The Morgan fingerprint density at radius 2 is 1.27 bits per heavy atom. The summed E-state index contributed by atoms with van der Waals surface area (Å²) in [4.78, 5) is 54.1. The van der Waals surface area contributed by atoms with Gasteiger partial charge in [0.2, 0.25) is 11.8 Å². The molecule has 0 aliphatic carbocycles. The fourth-order valence-electron chi connectivity index (χ4n) is 9.37. The third-order valence-corrected chi connectivity index (χ3v) is 12.4. The predicted octanol–water partition coefficient (Wildman–Crippen LogP) is 8.85. The number of rotatable bonds is 13. The summed E-state index contributed by atoms with van der Waals surface area (Å²) in [6.45, 7) is 13.0. The molecule has 0 bridgehead atoms. The number of hydrogen-bond donors (Lipinski definition) is 2. The van der Waals surface area contributed by atoms with Crippen LogP contribution in [0.1, 0.15) is 111 Å². The quantitative estimate of drug-likeness (QED) is 0.113. The summed E-state index contributed by atoms with van der Waals surface area (Å²) in [6.07, 6.45) is 5.35. The molecule has 2 aromatic heterocycles. The van der Waals surface area contributed by atoms with E-state index in [-0.39, 0.29) is 36.0 Å². The molecule has 10 heteroatoms. The van der Waals surface area contributed by atoms with Gasteiger partial charge >= 0.3 is 0 Å². The molecule has 1 unspecified atom stereocenters. The summed E-state index contributed by atoms with van der Waals surface area (Å²) in [5, 5.41) is 0. The van der Waals surface area contributed by atoms with Gasteiger partial charge in [0.15, 0.2) is 0 Å². The van der Waals surface area contributed by atoms with Crippen LogP contribution >= 0.6 is 0 Å². The first kappa shape index (κ1) is 40.7. The zero-order valence-corrected chi connectivity index (χ0v) is 35.3. The molecular formula is C50H56N8O2. The molecule has 10 nitrogen and oxygen atoms in total. The van der Waals surface area contributed by atoms with Crippen LogP contribution in [0.3, 0.4) is 0 Å². The highest BCUT2D eigenvalue weighted by Crippen LogP contribution is 2.39. The van der Waals surface area contributed by atoms with E-state index in [9.17, 15) is 9.59 Å². The van der Waals surface area contributed by atoms with E-state index in [0.717, 1.165) is 108 Å². The lowest BCUT2D eigenvalue weighted by molar-refractivity contribution is -0.139. The van der Waals surface area contributed by atoms with Crippen molar-refractivity contribution in [3.05, 3.63) is 143 Å². The zero-order valence-electron chi connectivity index (χ0n) is 35.3. The van der Waals surface area contributed by atoms with Crippen LogP contribution < -0.4 is 0 Å². The van der Waals surface area contributed by atoms with E-state index in [1.807, 2.05) is 71.6 Å². The van der Waals surface area contributed by atoms with Gasteiger partial charge in [-0.05, 0) is 93.3 Å². The van der Waals surface area contributed by atoms with Crippen LogP contribution in [0.5, 0.6) is 0 Å². The SMILES string of the molecule is CCN(CC)[C@H](C(=O)N1CCCC1c1[nH]cnc1-c1cccc(C#Cc2ccc3nc([C@@H]4CCCN4C(=O)[C@H](c4ccccc4)N(CC)CC)[nH]c3c2)c1)c1ccccc1. The number of nitrogens with one attached hydrogen (secondary N) is 2. The molecule has 2 fully saturated rings. The third-order valence-electron chi connectivity index (χ3n) is 12.4. The Morgan fingerprint density at radius 3 is 1.87 bits per heavy atom. The van der Waals surface area contributed by atoms with Gasteiger partial charge in [-0.2, -0.15) is 0 Å². The standard InChI is InChI=1S/C50H56N8O2/c1-5-55(6-2)46(37-19-11-9-12-20-37)49(59)57-30-16-24-42(57)45-44(51-34-52-45)39-23-15-18-35(32-39)26-27-36-28-29-40-41(33-36)54-48(53-40)43-25-17-31-58(43)50(60)47(56(7-3)8-4)38-21-13-10-14-22-38/h9-15,18-23,28-29,32-34,42-43,46-47H,5-8,16-17,24-25,30-31H2,1-4H3,(H,51,52)(H,53,54)/t42?,43-,46-,47-/m0/s1. The Labute approximate surface area is 354 Å². The number of imidazole rings is 2. The van der Waals surface area contributed by atoms with Crippen molar-refractivity contribution in [3.63, 3.8) is 0 Å². The van der Waals surface area contributed by atoms with Crippen LogP contribution in [0.15, 0.2) is 109 Å². The molecule has 0 radical (unpaired) electrons. The smallest absolute Gasteiger partial charge is 0.245 e. The van der Waals surface area contributed by atoms with E-state index in [2.05, 4.69) is 101 Å². The van der Waals surface area contributed by atoms with Crippen LogP contribution in [0.25, 0.3) is 22.3 Å². The highest BCUT2D eigenvalue weighted by atomic mass is 16.2. The van der Waals surface area contributed by atoms with Crippen molar-refractivity contribution < 1.29 is 9.59 Å². The number of benzene rings is 4. The second kappa shape index (κ2) is 18.5. The molecule has 8 rings (SSSR count). The maximum absolute atomic E-state index is 14.4. The lowest BCUT2D eigenvalue weighted by atomic mass is 10.00. The monoisotopic (exact) mass is 800 g/mol. The van der Waals surface area contributed by atoms with E-state index in [0.29, 0.717) is 13.1 Å². The van der Waals surface area contributed by atoms with Crippen molar-refractivity contribution in [2.45, 2.75) is 77.5 Å². The van der Waals surface area contributed by atoms with Crippen LogP contribution in [-0.4, -0.2) is 90.6 Å². The molecule has 60 heavy (non-hydrogen) atoms. The molecule has 2 aliphatic rings. The van der Waals surface area contributed by atoms with Gasteiger partial charge in [-0.15, -0.1) is 0 Å². The maximum atomic E-state index is 14.4. The lowest BCUT2D eigenvalue weighted by Crippen LogP contribution is -2.43. The molecule has 6 aromatic rings. The molecule has 308 valence electrons. The van der Waals surface area contributed by atoms with E-state index < -0.39 is 0 Å². The lowest BCUT2D eigenvalue weighted by Gasteiger charge is -2.34. The number of carbonyl (C=O) groups is 2. The van der Waals surface area contributed by atoms with E-state index in [4.69, 9.17) is 9.97 Å². The third kappa shape index (κ3) is 8.25. The number of fused-ring (bicyclic) bond motifs is 1. The first-order chi connectivity index (χ1) is 29.4. The number of nitrogens with zero attached hydrogens (tertiary/aromatic N) is 6. The predicted molar refractivity (Wildman–Crippen MR) is 238 cm³/mol. The summed E-state index contributed by atoms with van der Waals surface area (Å²) < 4.78 is 0. The minimum Gasteiger partial charge on any atom is -0.346 e. The fourth-order valence-corrected chi connectivity index (χ4v) is 9.37. The van der Waals surface area contributed by atoms with Gasteiger partial charge in [0, 0.05) is 29.8 Å². The van der Waals surface area contributed by atoms with Gasteiger partial charge in [-0.1, -0.05) is 112 Å². The number of aromatic nitrogens is 4. The second-order valence-corrected chi connectivity index (χ2v) is 15.8. The summed E-state index contributed by atoms with van der Waals surface area (Å²) in [7, 11) is 0. The molecule has 0 spiro atoms. The molecule has 2 N–H and O–H groups in total. The molecular weight excluding hydrogens is 745 g/mol. The Morgan fingerprint density at radius 1 is 0.700 bits per heavy atom. The van der Waals surface area contributed by atoms with Crippen molar-refractivity contribution in [1.82, 2.24) is 39.5 Å². The summed E-state index contributed by atoms with van der Waals surface area (Å²) in [5.74, 6) is 7.85. The average molecular weight is 801 g/mol. The van der Waals surface area contributed by atoms with Crippen molar-refractivity contribution in [3.8, 4) is 23.1 Å². The Balaban J connectivity index is 1.01. The molecule has 2 aliphatic heterocycles. The molecule has 4 heterocycles. The summed E-state index contributed by atoms with van der Waals surface area (Å²) in [6, 6.07) is 33.6. The van der Waals surface area contributed by atoms with Crippen molar-refractivity contribution in [1.29, 1.82) is 0 Å². The average Bonchev–Trinajstić information content (AvgIpc) is 4.13. The molecule has 2 saturated heterocycles. The van der Waals surface area contributed by atoms with E-state index in [1.54, 1.807) is 6.33 Å². The van der Waals surface area contributed by atoms with Gasteiger partial charge in [0.25, 0.3) is 0 Å². The van der Waals surface area contributed by atoms with Crippen LogP contribution in [0.2, 0.25) is 0 Å². The largest absolute Gasteiger partial charge is 0.346 e. The number of hydrogen-bond acceptors (Lipinski definition) is 6. The Bertz CT molecular complexity index is 2460. The summed E-state index contributed by atoms with van der Waals surface area (Å²) >= 11 is 0. The van der Waals surface area contributed by atoms with Gasteiger partial charge in [-0.25, -0.2) is 9.97 Å². The highest BCUT2D eigenvalue weighted by molar-refractivity contribution is 5.85. The highest BCUT2D eigenvalue weighted by Gasteiger charge is 2.40. The van der Waals surface area contributed by atoms with E-state index >= 15 is 0 Å². The van der Waals surface area contributed by atoms with Gasteiger partial charge in [0.1, 0.15) is 17.9 Å². The number of likely N-dealkylation sites (N-methyl/N-ethyl adjacent to an activating group) is 2. The molecule has 4 aromatic carbocycles. The Kier molecular flexibility index (Phi) is 12.6. The van der Waals surface area contributed by atoms with E-state index in [1.165, 1.54) is 0 Å². The van der Waals surface area contributed by atoms with Gasteiger partial charge < -0.3 is 19.8 Å². The number of amides is 2. The second-order valence-electron chi connectivity index (χ2n) is 15.8. The minimum atomic E-state index is -0.337. The summed E-state index contributed by atoms with van der Waals surface area (Å²) in [5.41, 5.74) is 8.32. The normalized spacial score (nSPS) is 17.6. The number of likely N-dealkylation sites (tertiary alicyclic amines) is 2. The van der Waals surface area contributed by atoms with Crippen LogP contribution in [-0.2, 0) is 9.59 Å². The van der Waals surface area contributed by atoms with Crippen molar-refractivity contribution in [2.75, 3.05) is 39.3 Å². The Hall–Kier alpha value is -6.02. The minimum absolute atomic E-state index is 0.0976. The van der Waals surface area contributed by atoms with Gasteiger partial charge in [-0.3, -0.25) is 19.4 Å². The first-order valence-electron chi connectivity index (χ1n) is 21.8. The topological polar surface area (TPSA) is 104 Å².